The molecule has 0 N–H and O–H groups in total. The van der Waals surface area contributed by atoms with E-state index >= 15 is 0 Å². The highest BCUT2D eigenvalue weighted by atomic mass is 32.1. The second-order valence-electron chi connectivity index (χ2n) is 3.17. The molecule has 2 aromatic carbocycles. The lowest BCUT2D eigenvalue weighted by Crippen LogP contribution is -1.84. The Morgan fingerprint density at radius 3 is 2.14 bits per heavy atom. The van der Waals surface area contributed by atoms with Gasteiger partial charge in [-0.25, -0.2) is 0 Å². The lowest BCUT2D eigenvalue weighted by molar-refractivity contribution is 1.42. The Kier molecular flexibility index (Phi) is 2.90. The molecule has 69 valence electrons. The van der Waals surface area contributed by atoms with Gasteiger partial charge in [-0.3, -0.25) is 0 Å². The molecule has 0 saturated heterocycles. The van der Waals surface area contributed by atoms with Gasteiger partial charge in [-0.1, -0.05) is 67.2 Å². The minimum absolute atomic E-state index is 0.672. The van der Waals surface area contributed by atoms with Gasteiger partial charge < -0.3 is 0 Å². The van der Waals surface area contributed by atoms with Gasteiger partial charge in [0, 0.05) is 5.75 Å². The largest absolute Gasteiger partial charge is 0.0890 e. The molecule has 1 radical (unpaired) electrons. The summed E-state index contributed by atoms with van der Waals surface area (Å²) in [6.07, 6.45) is 0. The molecule has 14 heavy (non-hydrogen) atoms. The zero-order valence-corrected chi connectivity index (χ0v) is 8.63. The van der Waals surface area contributed by atoms with Crippen LogP contribution in [0.3, 0.4) is 0 Å². The van der Waals surface area contributed by atoms with Gasteiger partial charge in [0.1, 0.15) is 0 Å². The molecule has 0 atom stereocenters. The van der Waals surface area contributed by atoms with Crippen molar-refractivity contribution in [1.29, 1.82) is 0 Å². The standard InChI is InChI=1S/C13H11S/c14-10-12-8-4-5-9-13(12)11-6-2-1-3-7-11/h1-9H,10H2. The Morgan fingerprint density at radius 2 is 1.43 bits per heavy atom. The van der Waals surface area contributed by atoms with E-state index in [4.69, 9.17) is 12.6 Å². The zero-order valence-electron chi connectivity index (χ0n) is 7.81. The Balaban J connectivity index is 2.51. The normalized spacial score (nSPS) is 10.1. The second-order valence-corrected chi connectivity index (χ2v) is 3.46. The van der Waals surface area contributed by atoms with Crippen molar-refractivity contribution in [2.75, 3.05) is 0 Å². The van der Waals surface area contributed by atoms with Crippen LogP contribution >= 0.6 is 12.6 Å². The van der Waals surface area contributed by atoms with E-state index in [1.165, 1.54) is 16.7 Å². The van der Waals surface area contributed by atoms with E-state index in [9.17, 15) is 0 Å². The van der Waals surface area contributed by atoms with E-state index in [2.05, 4.69) is 42.5 Å². The monoisotopic (exact) mass is 199 g/mol. The molecule has 2 aromatic rings. The first-order valence-electron chi connectivity index (χ1n) is 4.63. The van der Waals surface area contributed by atoms with E-state index in [1.54, 1.807) is 0 Å². The van der Waals surface area contributed by atoms with Crippen molar-refractivity contribution >= 4 is 12.6 Å². The van der Waals surface area contributed by atoms with E-state index in [0.29, 0.717) is 5.75 Å². The maximum atomic E-state index is 5.11. The van der Waals surface area contributed by atoms with Crippen LogP contribution < -0.4 is 0 Å². The van der Waals surface area contributed by atoms with Crippen molar-refractivity contribution in [3.05, 3.63) is 60.2 Å². The smallest absolute Gasteiger partial charge is 0.0295 e. The summed E-state index contributed by atoms with van der Waals surface area (Å²) >= 11 is 5.11. The quantitative estimate of drug-likeness (QED) is 0.684. The highest BCUT2D eigenvalue weighted by Crippen LogP contribution is 2.24. The minimum Gasteiger partial charge on any atom is -0.0890 e. The highest BCUT2D eigenvalue weighted by Gasteiger charge is 2.01. The van der Waals surface area contributed by atoms with Crippen LogP contribution in [0.4, 0.5) is 0 Å². The fourth-order valence-corrected chi connectivity index (χ4v) is 1.80. The topological polar surface area (TPSA) is 0 Å². The summed E-state index contributed by atoms with van der Waals surface area (Å²) < 4.78 is 0. The number of hydrogen-bond donors (Lipinski definition) is 0. The fraction of sp³-hybridized carbons (Fsp3) is 0.0769. The van der Waals surface area contributed by atoms with Gasteiger partial charge in [-0.15, -0.1) is 0 Å². The number of hydrogen-bond acceptors (Lipinski definition) is 0. The van der Waals surface area contributed by atoms with Gasteiger partial charge in [0.15, 0.2) is 0 Å². The third kappa shape index (κ3) is 1.83. The van der Waals surface area contributed by atoms with Crippen LogP contribution in [-0.4, -0.2) is 0 Å². The molecule has 0 aliphatic heterocycles. The molecular formula is C13H11S. The van der Waals surface area contributed by atoms with Crippen molar-refractivity contribution < 1.29 is 0 Å². The van der Waals surface area contributed by atoms with Crippen LogP contribution in [0, 0.1) is 0 Å². The molecule has 0 aromatic heterocycles. The molecule has 1 heteroatoms. The van der Waals surface area contributed by atoms with Gasteiger partial charge in [-0.05, 0) is 16.7 Å². The molecule has 0 bridgehead atoms. The molecule has 0 fully saturated rings. The second kappa shape index (κ2) is 4.34. The summed E-state index contributed by atoms with van der Waals surface area (Å²) in [6.45, 7) is 0. The molecule has 0 spiro atoms. The molecule has 0 amide bonds. The average molecular weight is 199 g/mol. The Bertz CT molecular complexity index is 407. The third-order valence-corrected chi connectivity index (χ3v) is 2.57. The van der Waals surface area contributed by atoms with Crippen LogP contribution in [0.15, 0.2) is 54.6 Å². The molecular weight excluding hydrogens is 188 g/mol. The SMILES string of the molecule is [S]Cc1ccccc1-c1ccccc1. The van der Waals surface area contributed by atoms with E-state index in [-0.39, 0.29) is 0 Å². The van der Waals surface area contributed by atoms with Crippen molar-refractivity contribution in [2.45, 2.75) is 5.75 Å². The summed E-state index contributed by atoms with van der Waals surface area (Å²) in [7, 11) is 0. The van der Waals surface area contributed by atoms with E-state index < -0.39 is 0 Å². The van der Waals surface area contributed by atoms with Gasteiger partial charge in [0.25, 0.3) is 0 Å². The van der Waals surface area contributed by atoms with Crippen LogP contribution in [0.25, 0.3) is 11.1 Å². The Hall–Kier alpha value is -1.21. The summed E-state index contributed by atoms with van der Waals surface area (Å²) in [4.78, 5) is 0. The van der Waals surface area contributed by atoms with Gasteiger partial charge in [-0.2, -0.15) is 0 Å². The molecule has 0 saturated carbocycles. The number of rotatable bonds is 2. The maximum absolute atomic E-state index is 5.11. The van der Waals surface area contributed by atoms with Gasteiger partial charge >= 0.3 is 0 Å². The number of benzene rings is 2. The van der Waals surface area contributed by atoms with Crippen molar-refractivity contribution in [3.8, 4) is 11.1 Å². The maximum Gasteiger partial charge on any atom is 0.0295 e. The summed E-state index contributed by atoms with van der Waals surface area (Å²) in [6, 6.07) is 18.7. The van der Waals surface area contributed by atoms with E-state index in [0.717, 1.165) is 0 Å². The first-order chi connectivity index (χ1) is 6.92. The molecule has 0 nitrogen and oxygen atoms in total. The first kappa shape index (κ1) is 9.35. The molecule has 0 aliphatic rings. The van der Waals surface area contributed by atoms with Crippen LogP contribution in [0.5, 0.6) is 0 Å². The summed E-state index contributed by atoms with van der Waals surface area (Å²) in [5.41, 5.74) is 3.73. The first-order valence-corrected chi connectivity index (χ1v) is 5.21. The van der Waals surface area contributed by atoms with Crippen molar-refractivity contribution in [2.24, 2.45) is 0 Å². The lowest BCUT2D eigenvalue weighted by Gasteiger charge is -2.06. The minimum atomic E-state index is 0.672. The summed E-state index contributed by atoms with van der Waals surface area (Å²) in [5.74, 6) is 0.672. The molecule has 0 unspecified atom stereocenters. The molecule has 0 aliphatic carbocycles. The predicted molar refractivity (Wildman–Crippen MR) is 63.2 cm³/mol. The predicted octanol–water partition coefficient (Wildman–Crippen LogP) is 4.05. The van der Waals surface area contributed by atoms with Gasteiger partial charge in [0.05, 0.1) is 0 Å². The van der Waals surface area contributed by atoms with Crippen molar-refractivity contribution in [1.82, 2.24) is 0 Å². The molecule has 2 rings (SSSR count). The van der Waals surface area contributed by atoms with Gasteiger partial charge in [0.2, 0.25) is 0 Å². The summed E-state index contributed by atoms with van der Waals surface area (Å²) in [5, 5.41) is 0. The third-order valence-electron chi connectivity index (χ3n) is 2.26. The zero-order chi connectivity index (χ0) is 9.80. The van der Waals surface area contributed by atoms with Crippen LogP contribution in [-0.2, 0) is 5.75 Å². The molecule has 0 heterocycles. The average Bonchev–Trinajstić information content (AvgIpc) is 2.30. The highest BCUT2D eigenvalue weighted by molar-refractivity contribution is 7.79. The Labute approximate surface area is 90.0 Å². The Morgan fingerprint density at radius 1 is 0.786 bits per heavy atom. The van der Waals surface area contributed by atoms with Crippen LogP contribution in [0.2, 0.25) is 0 Å². The van der Waals surface area contributed by atoms with Crippen molar-refractivity contribution in [3.63, 3.8) is 0 Å². The fourth-order valence-electron chi connectivity index (χ4n) is 1.55. The van der Waals surface area contributed by atoms with Crippen LogP contribution in [0.1, 0.15) is 5.56 Å². The lowest BCUT2D eigenvalue weighted by atomic mass is 10.0. The van der Waals surface area contributed by atoms with E-state index in [1.807, 2.05) is 12.1 Å².